The van der Waals surface area contributed by atoms with Crippen LogP contribution in [0.2, 0.25) is 0 Å². The smallest absolute Gasteiger partial charge is 0.280 e. The fourth-order valence-electron chi connectivity index (χ4n) is 2.65. The zero-order valence-corrected chi connectivity index (χ0v) is 15.6. The van der Waals surface area contributed by atoms with Crippen molar-refractivity contribution in [1.29, 1.82) is 0 Å². The standard InChI is InChI=1S/C17H25FN4O2S/c1-4-11-22(12-5-2)25(23,24)20-16(17-19-10-13-21(17)3)14-6-8-15(18)9-7-14/h6-10,13,16,20H,4-5,11-12H2,1-3H3. The zero-order chi connectivity index (χ0) is 18.4. The predicted molar refractivity (Wildman–Crippen MR) is 95.7 cm³/mol. The quantitative estimate of drug-likeness (QED) is 0.740. The van der Waals surface area contributed by atoms with Crippen molar-refractivity contribution in [1.82, 2.24) is 18.6 Å². The lowest BCUT2D eigenvalue weighted by Gasteiger charge is -2.25. The van der Waals surface area contributed by atoms with E-state index in [2.05, 4.69) is 9.71 Å². The van der Waals surface area contributed by atoms with E-state index in [0.717, 1.165) is 12.8 Å². The maximum Gasteiger partial charge on any atom is 0.280 e. The molecule has 25 heavy (non-hydrogen) atoms. The third-order valence-electron chi connectivity index (χ3n) is 3.87. The molecule has 0 bridgehead atoms. The lowest BCUT2D eigenvalue weighted by molar-refractivity contribution is 0.397. The van der Waals surface area contributed by atoms with Gasteiger partial charge in [-0.05, 0) is 30.5 Å². The summed E-state index contributed by atoms with van der Waals surface area (Å²) in [6.07, 6.45) is 4.81. The van der Waals surface area contributed by atoms with Crippen molar-refractivity contribution in [3.8, 4) is 0 Å². The minimum Gasteiger partial charge on any atom is -0.336 e. The van der Waals surface area contributed by atoms with Gasteiger partial charge in [-0.25, -0.2) is 9.37 Å². The van der Waals surface area contributed by atoms with Gasteiger partial charge in [-0.1, -0.05) is 26.0 Å². The number of hydrogen-bond donors (Lipinski definition) is 1. The molecule has 2 aromatic rings. The highest BCUT2D eigenvalue weighted by Crippen LogP contribution is 2.22. The van der Waals surface area contributed by atoms with Gasteiger partial charge in [0.15, 0.2) is 0 Å². The summed E-state index contributed by atoms with van der Waals surface area (Å²) >= 11 is 0. The van der Waals surface area contributed by atoms with Crippen molar-refractivity contribution in [2.24, 2.45) is 7.05 Å². The Balaban J connectivity index is 2.39. The Labute approximate surface area is 148 Å². The Hall–Kier alpha value is -1.77. The largest absolute Gasteiger partial charge is 0.336 e. The monoisotopic (exact) mass is 368 g/mol. The maximum absolute atomic E-state index is 13.3. The number of rotatable bonds is 9. The van der Waals surface area contributed by atoms with Crippen LogP contribution in [0.4, 0.5) is 4.39 Å². The minimum absolute atomic E-state index is 0.371. The van der Waals surface area contributed by atoms with Gasteiger partial charge in [0, 0.05) is 32.5 Å². The fourth-order valence-corrected chi connectivity index (χ4v) is 4.19. The van der Waals surface area contributed by atoms with Crippen molar-refractivity contribution in [3.05, 3.63) is 53.9 Å². The molecule has 0 fully saturated rings. The average molecular weight is 368 g/mol. The summed E-state index contributed by atoms with van der Waals surface area (Å²) in [5.41, 5.74) is 0.632. The van der Waals surface area contributed by atoms with Crippen LogP contribution in [-0.2, 0) is 17.3 Å². The number of halogens is 1. The van der Waals surface area contributed by atoms with E-state index in [9.17, 15) is 12.8 Å². The molecular formula is C17H25FN4O2S. The molecule has 1 unspecified atom stereocenters. The molecule has 0 aliphatic rings. The number of nitrogens with zero attached hydrogens (tertiary/aromatic N) is 3. The Bertz CT molecular complexity index is 768. The van der Waals surface area contributed by atoms with E-state index < -0.39 is 16.3 Å². The van der Waals surface area contributed by atoms with Gasteiger partial charge >= 0.3 is 0 Å². The van der Waals surface area contributed by atoms with Crippen LogP contribution in [0.25, 0.3) is 0 Å². The summed E-state index contributed by atoms with van der Waals surface area (Å²) in [5.74, 6) is 0.173. The van der Waals surface area contributed by atoms with Crippen molar-refractivity contribution >= 4 is 10.2 Å². The van der Waals surface area contributed by atoms with Crippen LogP contribution in [0.15, 0.2) is 36.7 Å². The summed E-state index contributed by atoms with van der Waals surface area (Å²) in [6.45, 7) is 4.77. The van der Waals surface area contributed by atoms with Gasteiger partial charge in [0.05, 0.1) is 0 Å². The van der Waals surface area contributed by atoms with Crippen LogP contribution in [0.5, 0.6) is 0 Å². The number of aromatic nitrogens is 2. The predicted octanol–water partition coefficient (Wildman–Crippen LogP) is 2.61. The summed E-state index contributed by atoms with van der Waals surface area (Å²) < 4.78 is 44.9. The van der Waals surface area contributed by atoms with Crippen LogP contribution in [0.1, 0.15) is 44.1 Å². The highest BCUT2D eigenvalue weighted by molar-refractivity contribution is 7.87. The first-order valence-corrected chi connectivity index (χ1v) is 9.83. The number of imidazole rings is 1. The minimum atomic E-state index is -3.71. The molecule has 1 aromatic carbocycles. The van der Waals surface area contributed by atoms with E-state index in [-0.39, 0.29) is 5.82 Å². The van der Waals surface area contributed by atoms with Crippen LogP contribution in [-0.4, -0.2) is 35.4 Å². The molecule has 6 nitrogen and oxygen atoms in total. The number of benzene rings is 1. The highest BCUT2D eigenvalue weighted by Gasteiger charge is 2.28. The number of hydrogen-bond acceptors (Lipinski definition) is 3. The molecule has 0 radical (unpaired) electrons. The van der Waals surface area contributed by atoms with Gasteiger partial charge in [0.25, 0.3) is 10.2 Å². The Kier molecular flexibility index (Phi) is 6.69. The summed E-state index contributed by atoms with van der Waals surface area (Å²) in [6, 6.07) is 5.08. The van der Waals surface area contributed by atoms with Gasteiger partial charge in [-0.15, -0.1) is 0 Å². The lowest BCUT2D eigenvalue weighted by atomic mass is 10.1. The first-order chi connectivity index (χ1) is 11.9. The summed E-state index contributed by atoms with van der Waals surface area (Å²) in [7, 11) is -1.92. The molecule has 1 atom stereocenters. The number of aryl methyl sites for hydroxylation is 1. The summed E-state index contributed by atoms with van der Waals surface area (Å²) in [5, 5.41) is 0. The van der Waals surface area contributed by atoms with E-state index in [1.807, 2.05) is 13.8 Å². The third-order valence-corrected chi connectivity index (χ3v) is 5.45. The Morgan fingerprint density at radius 2 is 1.80 bits per heavy atom. The van der Waals surface area contributed by atoms with Crippen LogP contribution in [0, 0.1) is 5.82 Å². The van der Waals surface area contributed by atoms with Crippen molar-refractivity contribution < 1.29 is 12.8 Å². The number of nitrogens with one attached hydrogen (secondary N) is 1. The second kappa shape index (κ2) is 8.55. The van der Waals surface area contributed by atoms with Gasteiger partial charge in [-0.3, -0.25) is 0 Å². The second-order valence-electron chi connectivity index (χ2n) is 5.90. The fraction of sp³-hybridized carbons (Fsp3) is 0.471. The molecule has 0 amide bonds. The molecule has 1 aromatic heterocycles. The van der Waals surface area contributed by atoms with Gasteiger partial charge in [0.1, 0.15) is 17.7 Å². The third kappa shape index (κ3) is 4.87. The molecule has 0 aliphatic heterocycles. The molecule has 0 saturated carbocycles. The van der Waals surface area contributed by atoms with Crippen LogP contribution >= 0.6 is 0 Å². The molecule has 1 N–H and O–H groups in total. The Morgan fingerprint density at radius 3 is 2.28 bits per heavy atom. The highest BCUT2D eigenvalue weighted by atomic mass is 32.2. The Morgan fingerprint density at radius 1 is 1.20 bits per heavy atom. The first kappa shape index (κ1) is 19.6. The van der Waals surface area contributed by atoms with Crippen molar-refractivity contribution in [2.75, 3.05) is 13.1 Å². The van der Waals surface area contributed by atoms with E-state index in [0.29, 0.717) is 24.5 Å². The molecule has 0 saturated heterocycles. The molecule has 2 rings (SSSR count). The lowest BCUT2D eigenvalue weighted by Crippen LogP contribution is -2.43. The molecule has 8 heteroatoms. The molecule has 138 valence electrons. The average Bonchev–Trinajstić information content (AvgIpc) is 2.99. The molecule has 0 aliphatic carbocycles. The molecule has 0 spiro atoms. The summed E-state index contributed by atoms with van der Waals surface area (Å²) in [4.78, 5) is 4.27. The maximum atomic E-state index is 13.3. The van der Waals surface area contributed by atoms with Gasteiger partial charge < -0.3 is 4.57 Å². The van der Waals surface area contributed by atoms with E-state index in [1.165, 1.54) is 16.4 Å². The second-order valence-corrected chi connectivity index (χ2v) is 7.61. The van der Waals surface area contributed by atoms with Gasteiger partial charge in [-0.2, -0.15) is 17.4 Å². The topological polar surface area (TPSA) is 67.2 Å². The zero-order valence-electron chi connectivity index (χ0n) is 14.8. The van der Waals surface area contributed by atoms with Crippen LogP contribution in [0.3, 0.4) is 0 Å². The first-order valence-electron chi connectivity index (χ1n) is 8.39. The van der Waals surface area contributed by atoms with E-state index in [1.54, 1.807) is 36.1 Å². The SMILES string of the molecule is CCCN(CCC)S(=O)(=O)NC(c1ccc(F)cc1)c1nccn1C. The van der Waals surface area contributed by atoms with E-state index in [4.69, 9.17) is 0 Å². The normalized spacial score (nSPS) is 13.3. The van der Waals surface area contributed by atoms with Gasteiger partial charge in [0.2, 0.25) is 0 Å². The van der Waals surface area contributed by atoms with E-state index >= 15 is 0 Å². The van der Waals surface area contributed by atoms with Crippen LogP contribution < -0.4 is 4.72 Å². The van der Waals surface area contributed by atoms with Crippen molar-refractivity contribution in [2.45, 2.75) is 32.7 Å². The molecular weight excluding hydrogens is 343 g/mol. The molecule has 1 heterocycles. The van der Waals surface area contributed by atoms with Crippen molar-refractivity contribution in [3.63, 3.8) is 0 Å².